The highest BCUT2D eigenvalue weighted by atomic mass is 19.4. The predicted octanol–water partition coefficient (Wildman–Crippen LogP) is 0.119. The van der Waals surface area contributed by atoms with Gasteiger partial charge in [-0.15, -0.1) is 0 Å². The summed E-state index contributed by atoms with van der Waals surface area (Å²) >= 11 is 0. The number of rotatable bonds is 3. The van der Waals surface area contributed by atoms with E-state index in [-0.39, 0.29) is 6.67 Å². The van der Waals surface area contributed by atoms with Crippen molar-refractivity contribution < 1.29 is 13.2 Å². The first-order valence-electron chi connectivity index (χ1n) is 2.66. The Morgan fingerprint density at radius 2 is 1.90 bits per heavy atom. The molecule has 0 atom stereocenters. The molecule has 6 heteroatoms. The number of hydrazine groups is 1. The van der Waals surface area contributed by atoms with Gasteiger partial charge in [-0.3, -0.25) is 0 Å². The first-order chi connectivity index (χ1) is 4.45. The van der Waals surface area contributed by atoms with E-state index in [1.165, 1.54) is 12.5 Å². The van der Waals surface area contributed by atoms with Gasteiger partial charge in [0.15, 0.2) is 0 Å². The van der Waals surface area contributed by atoms with Gasteiger partial charge in [0.25, 0.3) is 0 Å². The van der Waals surface area contributed by atoms with Gasteiger partial charge in [0, 0.05) is 7.05 Å². The van der Waals surface area contributed by atoms with Crippen LogP contribution in [0.5, 0.6) is 0 Å². The summed E-state index contributed by atoms with van der Waals surface area (Å²) in [5.74, 6) is 0. The van der Waals surface area contributed by atoms with Crippen LogP contribution >= 0.6 is 0 Å². The van der Waals surface area contributed by atoms with Crippen LogP contribution in [0.2, 0.25) is 0 Å². The highest BCUT2D eigenvalue weighted by Gasteiger charge is 2.28. The van der Waals surface area contributed by atoms with Crippen LogP contribution in [0.15, 0.2) is 0 Å². The van der Waals surface area contributed by atoms with Gasteiger partial charge in [0.1, 0.15) is 0 Å². The minimum atomic E-state index is -4.34. The highest BCUT2D eigenvalue weighted by molar-refractivity contribution is 4.42. The molecule has 0 spiro atoms. The normalized spacial score (nSPS) is 12.6. The molecule has 0 radical (unpaired) electrons. The minimum Gasteiger partial charge on any atom is -0.306 e. The Labute approximate surface area is 57.2 Å². The lowest BCUT2D eigenvalue weighted by atomic mass is 10.9. The fraction of sp³-hybridized carbons (Fsp3) is 1.00. The lowest BCUT2D eigenvalue weighted by molar-refractivity contribution is -0.195. The number of hydrogen-bond donors (Lipinski definition) is 2. The zero-order chi connectivity index (χ0) is 8.20. The van der Waals surface area contributed by atoms with Crippen molar-refractivity contribution in [3.05, 3.63) is 0 Å². The molecular weight excluding hydrogens is 147 g/mol. The molecule has 62 valence electrons. The topological polar surface area (TPSA) is 27.3 Å². The van der Waals surface area contributed by atoms with E-state index < -0.39 is 6.30 Å². The van der Waals surface area contributed by atoms with E-state index in [1.807, 2.05) is 0 Å². The Morgan fingerprint density at radius 3 is 2.20 bits per heavy atom. The second-order valence-electron chi connectivity index (χ2n) is 1.82. The third-order valence-electron chi connectivity index (χ3n) is 0.713. The molecule has 0 aromatic rings. The average molecular weight is 157 g/mol. The molecule has 2 N–H and O–H groups in total. The summed E-state index contributed by atoms with van der Waals surface area (Å²) in [5, 5.41) is 3.46. The average Bonchev–Trinajstić information content (AvgIpc) is 1.59. The van der Waals surface area contributed by atoms with Gasteiger partial charge >= 0.3 is 6.30 Å². The van der Waals surface area contributed by atoms with Crippen LogP contribution in [-0.2, 0) is 0 Å². The van der Waals surface area contributed by atoms with Gasteiger partial charge in [-0.05, 0) is 7.05 Å². The van der Waals surface area contributed by atoms with Crippen molar-refractivity contribution in [2.75, 3.05) is 20.8 Å². The molecule has 0 aromatic heterocycles. The molecule has 3 nitrogen and oxygen atoms in total. The Hall–Kier alpha value is -0.330. The quantitative estimate of drug-likeness (QED) is 0.346. The Kier molecular flexibility index (Phi) is 3.62. The van der Waals surface area contributed by atoms with Crippen LogP contribution < -0.4 is 10.7 Å². The lowest BCUT2D eigenvalue weighted by Crippen LogP contribution is -2.47. The lowest BCUT2D eigenvalue weighted by Gasteiger charge is -2.18. The van der Waals surface area contributed by atoms with E-state index >= 15 is 0 Å². The predicted molar refractivity (Wildman–Crippen MR) is 30.9 cm³/mol. The van der Waals surface area contributed by atoms with Gasteiger partial charge in [-0.1, -0.05) is 0 Å². The van der Waals surface area contributed by atoms with E-state index in [0.717, 1.165) is 5.01 Å². The summed E-state index contributed by atoms with van der Waals surface area (Å²) in [6, 6.07) is 0. The zero-order valence-electron chi connectivity index (χ0n) is 5.79. The molecule has 0 fully saturated rings. The second kappa shape index (κ2) is 3.75. The van der Waals surface area contributed by atoms with Gasteiger partial charge in [-0.25, -0.2) is 5.01 Å². The van der Waals surface area contributed by atoms with Crippen molar-refractivity contribution in [1.82, 2.24) is 15.8 Å². The third-order valence-corrected chi connectivity index (χ3v) is 0.713. The fourth-order valence-corrected chi connectivity index (χ4v) is 0.493. The van der Waals surface area contributed by atoms with Crippen molar-refractivity contribution in [3.63, 3.8) is 0 Å². The molecule has 0 aliphatic carbocycles. The van der Waals surface area contributed by atoms with Crippen LogP contribution in [0, 0.1) is 0 Å². The molecule has 0 aliphatic rings. The van der Waals surface area contributed by atoms with Crippen LogP contribution in [-0.4, -0.2) is 32.1 Å². The second-order valence-corrected chi connectivity index (χ2v) is 1.82. The Bertz CT molecular complexity index is 92.2. The Morgan fingerprint density at radius 1 is 1.40 bits per heavy atom. The summed E-state index contributed by atoms with van der Waals surface area (Å²) < 4.78 is 34.3. The number of nitrogens with one attached hydrogen (secondary N) is 2. The largest absolute Gasteiger partial charge is 0.470 e. The number of halogens is 3. The molecule has 0 heterocycles. The maximum atomic E-state index is 11.4. The van der Waals surface area contributed by atoms with E-state index in [9.17, 15) is 13.2 Å². The van der Waals surface area contributed by atoms with Crippen molar-refractivity contribution in [3.8, 4) is 0 Å². The molecule has 0 saturated carbocycles. The molecule has 0 unspecified atom stereocenters. The maximum absolute atomic E-state index is 11.4. The van der Waals surface area contributed by atoms with Gasteiger partial charge in [0.05, 0.1) is 6.67 Å². The highest BCUT2D eigenvalue weighted by Crippen LogP contribution is 2.08. The first-order valence-corrected chi connectivity index (χ1v) is 2.66. The zero-order valence-corrected chi connectivity index (χ0v) is 5.79. The molecule has 0 amide bonds. The molecule has 0 rings (SSSR count). The summed E-state index contributed by atoms with van der Waals surface area (Å²) in [4.78, 5) is 0. The van der Waals surface area contributed by atoms with Gasteiger partial charge in [-0.2, -0.15) is 18.6 Å². The van der Waals surface area contributed by atoms with Crippen molar-refractivity contribution >= 4 is 0 Å². The fourth-order valence-electron chi connectivity index (χ4n) is 0.493. The maximum Gasteiger partial charge on any atom is 0.470 e. The van der Waals surface area contributed by atoms with E-state index in [4.69, 9.17) is 0 Å². The number of alkyl halides is 3. The summed E-state index contributed by atoms with van der Waals surface area (Å²) in [7, 11) is 2.86. The summed E-state index contributed by atoms with van der Waals surface area (Å²) in [6.45, 7) is 0.138. The Balaban J connectivity index is 3.47. The molecule has 10 heavy (non-hydrogen) atoms. The van der Waals surface area contributed by atoms with Gasteiger partial charge in [0.2, 0.25) is 0 Å². The number of hydrogen-bond acceptors (Lipinski definition) is 3. The van der Waals surface area contributed by atoms with Crippen molar-refractivity contribution in [1.29, 1.82) is 0 Å². The third kappa shape index (κ3) is 5.80. The van der Waals surface area contributed by atoms with Crippen LogP contribution in [0.4, 0.5) is 13.2 Å². The van der Waals surface area contributed by atoms with Gasteiger partial charge < -0.3 is 5.32 Å². The van der Waals surface area contributed by atoms with E-state index in [0.29, 0.717) is 0 Å². The van der Waals surface area contributed by atoms with Crippen LogP contribution in [0.1, 0.15) is 0 Å². The molecule has 0 aliphatic heterocycles. The molecular formula is C4H10F3N3. The molecule has 0 bridgehead atoms. The van der Waals surface area contributed by atoms with Crippen LogP contribution in [0.25, 0.3) is 0 Å². The summed E-state index contributed by atoms with van der Waals surface area (Å²) in [5.41, 5.74) is 1.29. The minimum absolute atomic E-state index is 0.138. The van der Waals surface area contributed by atoms with Crippen LogP contribution in [0.3, 0.4) is 0 Å². The van der Waals surface area contributed by atoms with Crippen molar-refractivity contribution in [2.24, 2.45) is 0 Å². The molecule has 0 aromatic carbocycles. The molecule has 0 saturated heterocycles. The van der Waals surface area contributed by atoms with E-state index in [1.54, 1.807) is 7.05 Å². The standard InChI is InChI=1S/C4H10F3N3/c1-8-3-10(2)9-4(5,6)7/h8-9H,3H2,1-2H3. The smallest absolute Gasteiger partial charge is 0.306 e. The van der Waals surface area contributed by atoms with E-state index in [2.05, 4.69) is 5.32 Å². The first kappa shape index (κ1) is 9.67. The summed E-state index contributed by atoms with van der Waals surface area (Å²) in [6.07, 6.45) is -4.34. The SMILES string of the molecule is CNCN(C)NC(F)(F)F. The van der Waals surface area contributed by atoms with Crippen molar-refractivity contribution in [2.45, 2.75) is 6.30 Å². The monoisotopic (exact) mass is 157 g/mol. The number of nitrogens with zero attached hydrogens (tertiary/aromatic N) is 1.